The molecule has 1 fully saturated rings. The maximum atomic E-state index is 13.4. The molecule has 0 bridgehead atoms. The number of ketones is 1. The Morgan fingerprint density at radius 3 is 2.70 bits per heavy atom. The zero-order valence-electron chi connectivity index (χ0n) is 16.8. The number of carbonyl (C=O) groups excluding carboxylic acids is 1. The Kier molecular flexibility index (Phi) is 5.36. The number of nitrogens with zero attached hydrogens (tertiary/aromatic N) is 1. The van der Waals surface area contributed by atoms with E-state index in [4.69, 9.17) is 9.47 Å². The van der Waals surface area contributed by atoms with Gasteiger partial charge in [0.2, 0.25) is 0 Å². The number of methoxy groups -OCH3 is 1. The number of hydrogen-bond acceptors (Lipinski definition) is 5. The Morgan fingerprint density at radius 1 is 1.20 bits per heavy atom. The summed E-state index contributed by atoms with van der Waals surface area (Å²) >= 11 is 0. The predicted octanol–water partition coefficient (Wildman–Crippen LogP) is 4.22. The maximum Gasteiger partial charge on any atom is 0.419 e. The van der Waals surface area contributed by atoms with Crippen molar-refractivity contribution in [1.29, 1.82) is 0 Å². The summed E-state index contributed by atoms with van der Waals surface area (Å²) in [6.45, 7) is 4.65. The minimum Gasteiger partial charge on any atom is -0.496 e. The number of carbonyl (C=O) groups is 1. The summed E-state index contributed by atoms with van der Waals surface area (Å²) in [5, 5.41) is 3.38. The molecule has 0 aromatic heterocycles. The molecule has 2 atom stereocenters. The summed E-state index contributed by atoms with van der Waals surface area (Å²) < 4.78 is 50.8. The summed E-state index contributed by atoms with van der Waals surface area (Å²) in [5.41, 5.74) is 0.829. The SMILES string of the molecule is COc1ccc(C2CC(=O)c3cc(N4CCN[C@@H](C)C4)ccc3O2)cc1C(F)(F)F. The van der Waals surface area contributed by atoms with E-state index in [0.717, 1.165) is 31.4 Å². The van der Waals surface area contributed by atoms with Gasteiger partial charge in [0.15, 0.2) is 5.78 Å². The van der Waals surface area contributed by atoms with Crippen LogP contribution in [0.15, 0.2) is 36.4 Å². The van der Waals surface area contributed by atoms with Crippen molar-refractivity contribution in [1.82, 2.24) is 5.32 Å². The van der Waals surface area contributed by atoms with E-state index < -0.39 is 17.8 Å². The van der Waals surface area contributed by atoms with Crippen LogP contribution in [0.5, 0.6) is 11.5 Å². The average molecular weight is 420 g/mol. The van der Waals surface area contributed by atoms with Crippen molar-refractivity contribution in [2.75, 3.05) is 31.6 Å². The minimum absolute atomic E-state index is 0.0158. The van der Waals surface area contributed by atoms with Crippen molar-refractivity contribution in [3.8, 4) is 11.5 Å². The van der Waals surface area contributed by atoms with Crippen LogP contribution in [0.1, 0.15) is 40.9 Å². The molecule has 0 radical (unpaired) electrons. The maximum absolute atomic E-state index is 13.4. The van der Waals surface area contributed by atoms with E-state index in [0.29, 0.717) is 22.9 Å². The summed E-state index contributed by atoms with van der Waals surface area (Å²) in [5.74, 6) is -0.00750. The van der Waals surface area contributed by atoms with Crippen LogP contribution in [0.25, 0.3) is 0 Å². The highest BCUT2D eigenvalue weighted by Gasteiger charge is 2.36. The Bertz CT molecular complexity index is 961. The van der Waals surface area contributed by atoms with Gasteiger partial charge in [-0.3, -0.25) is 4.79 Å². The molecular formula is C22H23F3N2O3. The molecular weight excluding hydrogens is 397 g/mol. The first-order valence-electron chi connectivity index (χ1n) is 9.83. The highest BCUT2D eigenvalue weighted by molar-refractivity contribution is 6.01. The van der Waals surface area contributed by atoms with Gasteiger partial charge in [-0.1, -0.05) is 6.07 Å². The number of anilines is 1. The van der Waals surface area contributed by atoms with E-state index in [1.807, 2.05) is 12.1 Å². The van der Waals surface area contributed by atoms with Gasteiger partial charge in [-0.15, -0.1) is 0 Å². The van der Waals surface area contributed by atoms with Crippen LogP contribution in [-0.4, -0.2) is 38.6 Å². The van der Waals surface area contributed by atoms with E-state index in [-0.39, 0.29) is 18.0 Å². The molecule has 8 heteroatoms. The van der Waals surface area contributed by atoms with Crippen molar-refractivity contribution in [2.24, 2.45) is 0 Å². The zero-order chi connectivity index (χ0) is 21.5. The normalized spacial score (nSPS) is 21.8. The van der Waals surface area contributed by atoms with E-state index >= 15 is 0 Å². The number of rotatable bonds is 3. The van der Waals surface area contributed by atoms with Crippen molar-refractivity contribution in [3.05, 3.63) is 53.1 Å². The Labute approximate surface area is 172 Å². The number of piperazine rings is 1. The lowest BCUT2D eigenvalue weighted by atomic mass is 9.94. The van der Waals surface area contributed by atoms with Gasteiger partial charge in [-0.2, -0.15) is 13.2 Å². The van der Waals surface area contributed by atoms with Crippen molar-refractivity contribution >= 4 is 11.5 Å². The molecule has 2 heterocycles. The number of fused-ring (bicyclic) bond motifs is 1. The lowest BCUT2D eigenvalue weighted by molar-refractivity contribution is -0.138. The van der Waals surface area contributed by atoms with Crippen LogP contribution in [0, 0.1) is 0 Å². The molecule has 1 N–H and O–H groups in total. The molecule has 2 aromatic carbocycles. The van der Waals surface area contributed by atoms with E-state index in [1.165, 1.54) is 19.2 Å². The second-order valence-electron chi connectivity index (χ2n) is 7.67. The van der Waals surface area contributed by atoms with E-state index in [1.54, 1.807) is 6.07 Å². The van der Waals surface area contributed by atoms with Crippen LogP contribution in [0.2, 0.25) is 0 Å². The molecule has 0 amide bonds. The van der Waals surface area contributed by atoms with Gasteiger partial charge in [-0.25, -0.2) is 0 Å². The summed E-state index contributed by atoms with van der Waals surface area (Å²) in [6, 6.07) is 9.56. The number of halogens is 3. The first-order chi connectivity index (χ1) is 14.3. The summed E-state index contributed by atoms with van der Waals surface area (Å²) in [7, 11) is 1.19. The fourth-order valence-corrected chi connectivity index (χ4v) is 4.01. The predicted molar refractivity (Wildman–Crippen MR) is 106 cm³/mol. The van der Waals surface area contributed by atoms with Crippen molar-refractivity contribution in [3.63, 3.8) is 0 Å². The zero-order valence-corrected chi connectivity index (χ0v) is 16.8. The van der Waals surface area contributed by atoms with Gasteiger partial charge in [-0.05, 0) is 42.8 Å². The fraction of sp³-hybridized carbons (Fsp3) is 0.409. The number of nitrogens with one attached hydrogen (secondary N) is 1. The second-order valence-corrected chi connectivity index (χ2v) is 7.67. The minimum atomic E-state index is -4.56. The van der Waals surface area contributed by atoms with Crippen LogP contribution in [-0.2, 0) is 6.18 Å². The lowest BCUT2D eigenvalue weighted by Gasteiger charge is -2.34. The van der Waals surface area contributed by atoms with Crippen LogP contribution in [0.4, 0.5) is 18.9 Å². The largest absolute Gasteiger partial charge is 0.496 e. The monoisotopic (exact) mass is 420 g/mol. The van der Waals surface area contributed by atoms with Gasteiger partial charge < -0.3 is 19.7 Å². The molecule has 2 aromatic rings. The highest BCUT2D eigenvalue weighted by Crippen LogP contribution is 2.41. The summed E-state index contributed by atoms with van der Waals surface area (Å²) in [4.78, 5) is 15.0. The van der Waals surface area contributed by atoms with E-state index in [9.17, 15) is 18.0 Å². The molecule has 4 rings (SSSR count). The number of hydrogen-bond donors (Lipinski definition) is 1. The summed E-state index contributed by atoms with van der Waals surface area (Å²) in [6.07, 6.45) is -5.35. The first-order valence-corrected chi connectivity index (χ1v) is 9.83. The molecule has 0 aliphatic carbocycles. The van der Waals surface area contributed by atoms with Crippen LogP contribution >= 0.6 is 0 Å². The van der Waals surface area contributed by atoms with Gasteiger partial charge in [0.25, 0.3) is 0 Å². The number of alkyl halides is 3. The molecule has 160 valence electrons. The number of Topliss-reactive ketones (excluding diaryl/α,β-unsaturated/α-hetero) is 1. The third-order valence-electron chi connectivity index (χ3n) is 5.54. The van der Waals surface area contributed by atoms with Gasteiger partial charge in [0, 0.05) is 31.4 Å². The Hall–Kier alpha value is -2.74. The average Bonchev–Trinajstić information content (AvgIpc) is 2.72. The fourth-order valence-electron chi connectivity index (χ4n) is 4.01. The van der Waals surface area contributed by atoms with Crippen LogP contribution < -0.4 is 19.7 Å². The van der Waals surface area contributed by atoms with Crippen molar-refractivity contribution in [2.45, 2.75) is 31.7 Å². The molecule has 0 saturated carbocycles. The standard InChI is InChI=1S/C22H23F3N2O3/c1-13-12-27(8-7-26-13)15-4-6-19-16(10-15)18(28)11-21(30-19)14-3-5-20(29-2)17(9-14)22(23,24)25/h3-6,9-10,13,21,26H,7-8,11-12H2,1-2H3/t13-,21?/m0/s1. The molecule has 2 aliphatic heterocycles. The van der Waals surface area contributed by atoms with Gasteiger partial charge >= 0.3 is 6.18 Å². The molecule has 0 spiro atoms. The quantitative estimate of drug-likeness (QED) is 0.806. The molecule has 30 heavy (non-hydrogen) atoms. The Morgan fingerprint density at radius 2 is 2.00 bits per heavy atom. The third-order valence-corrected chi connectivity index (χ3v) is 5.54. The number of benzene rings is 2. The highest BCUT2D eigenvalue weighted by atomic mass is 19.4. The van der Waals surface area contributed by atoms with E-state index in [2.05, 4.69) is 17.1 Å². The first kappa shape index (κ1) is 20.5. The van der Waals surface area contributed by atoms with Crippen molar-refractivity contribution < 1.29 is 27.4 Å². The van der Waals surface area contributed by atoms with Gasteiger partial charge in [0.05, 0.1) is 24.7 Å². The topological polar surface area (TPSA) is 50.8 Å². The lowest BCUT2D eigenvalue weighted by Crippen LogP contribution is -2.49. The van der Waals surface area contributed by atoms with Gasteiger partial charge in [0.1, 0.15) is 17.6 Å². The molecule has 5 nitrogen and oxygen atoms in total. The van der Waals surface area contributed by atoms with Crippen LogP contribution in [0.3, 0.4) is 0 Å². The molecule has 2 aliphatic rings. The third kappa shape index (κ3) is 3.96. The molecule has 1 saturated heterocycles. The number of ether oxygens (including phenoxy) is 2. The second kappa shape index (κ2) is 7.83. The Balaban J connectivity index is 1.61. The smallest absolute Gasteiger partial charge is 0.419 e. The molecule has 1 unspecified atom stereocenters.